The highest BCUT2D eigenvalue weighted by Crippen LogP contribution is 2.33. The molecule has 1 amide bonds. The number of amides is 1. The van der Waals surface area contributed by atoms with Crippen LogP contribution in [-0.4, -0.2) is 34.3 Å². The number of para-hydroxylation sites is 1. The Morgan fingerprint density at radius 3 is 2.90 bits per heavy atom. The fourth-order valence-electron chi connectivity index (χ4n) is 2.11. The highest BCUT2D eigenvalue weighted by molar-refractivity contribution is 7.17. The number of thiazole rings is 1. The summed E-state index contributed by atoms with van der Waals surface area (Å²) >= 11 is 1.20. The first-order valence-corrected chi connectivity index (χ1v) is 7.29. The molecule has 0 unspecified atom stereocenters. The van der Waals surface area contributed by atoms with Crippen molar-refractivity contribution in [3.63, 3.8) is 0 Å². The molecule has 7 heteroatoms. The lowest BCUT2D eigenvalue weighted by Gasteiger charge is -1.98. The molecule has 1 aromatic heterocycles. The number of carbonyl (C=O) groups excluding carboxylic acids is 1. The predicted octanol–water partition coefficient (Wildman–Crippen LogP) is 0.00180. The molecule has 3 N–H and O–H groups in total. The molecule has 0 bridgehead atoms. The Bertz CT molecular complexity index is 813. The molecule has 0 saturated heterocycles. The molecule has 0 atom stereocenters. The average Bonchev–Trinajstić information content (AvgIpc) is 2.98. The van der Waals surface area contributed by atoms with Crippen LogP contribution in [-0.2, 0) is 4.79 Å². The molecule has 108 valence electrons. The van der Waals surface area contributed by atoms with Gasteiger partial charge in [-0.25, -0.2) is 4.99 Å². The van der Waals surface area contributed by atoms with E-state index in [1.165, 1.54) is 11.3 Å². The molecule has 1 aliphatic rings. The molecule has 0 aliphatic carbocycles. The van der Waals surface area contributed by atoms with Crippen LogP contribution in [0.3, 0.4) is 0 Å². The van der Waals surface area contributed by atoms with Gasteiger partial charge in [-0.2, -0.15) is 4.98 Å². The first kappa shape index (κ1) is 13.7. The molecule has 2 aromatic rings. The normalized spacial score (nSPS) is 13.2. The fraction of sp³-hybridized carbons (Fsp3) is 0.214. The fourth-order valence-corrected chi connectivity index (χ4v) is 3.04. The molecule has 21 heavy (non-hydrogen) atoms. The van der Waals surface area contributed by atoms with Crippen LogP contribution in [0.5, 0.6) is 5.88 Å². The van der Waals surface area contributed by atoms with Gasteiger partial charge in [0.15, 0.2) is 5.13 Å². The van der Waals surface area contributed by atoms with Crippen molar-refractivity contribution in [3.8, 4) is 5.88 Å². The molecule has 0 saturated carbocycles. The highest BCUT2D eigenvalue weighted by Gasteiger charge is 2.24. The van der Waals surface area contributed by atoms with Gasteiger partial charge in [0.25, 0.3) is 5.91 Å². The van der Waals surface area contributed by atoms with E-state index in [0.717, 1.165) is 0 Å². The number of aromatic hydroxyl groups is 1. The maximum Gasteiger partial charge on any atom is 0.279 e. The monoisotopic (exact) mass is 303 g/mol. The topological polar surface area (TPSA) is 94.8 Å². The van der Waals surface area contributed by atoms with Gasteiger partial charge in [-0.15, -0.1) is 0 Å². The number of fused-ring (bicyclic) bond motifs is 1. The van der Waals surface area contributed by atoms with Crippen molar-refractivity contribution in [2.24, 2.45) is 4.99 Å². The van der Waals surface area contributed by atoms with Gasteiger partial charge in [-0.3, -0.25) is 4.79 Å². The summed E-state index contributed by atoms with van der Waals surface area (Å²) in [5.74, 6) is -0.543. The zero-order valence-corrected chi connectivity index (χ0v) is 11.9. The maximum atomic E-state index is 12.1. The summed E-state index contributed by atoms with van der Waals surface area (Å²) in [5.41, 5.74) is 0.385. The van der Waals surface area contributed by atoms with Gasteiger partial charge >= 0.3 is 0 Å². The van der Waals surface area contributed by atoms with Crippen LogP contribution >= 0.6 is 11.3 Å². The number of anilines is 1. The summed E-state index contributed by atoms with van der Waals surface area (Å²) in [5, 5.41) is 23.6. The summed E-state index contributed by atoms with van der Waals surface area (Å²) in [6.07, 6.45) is 0.587. The standard InChI is InChI=1S/C14H13N3O3S/c18-7-3-6-15-14-17-13(20)11(21-14)10-8-4-1-2-5-9(8)16-12(10)19/h1-2,4-5,18,20H,3,6-7H2,(H,15,17). The Hall–Kier alpha value is -2.25. The molecule has 1 aliphatic heterocycles. The molecule has 0 fully saturated rings. The average molecular weight is 303 g/mol. The van der Waals surface area contributed by atoms with Crippen molar-refractivity contribution >= 4 is 27.9 Å². The second-order valence-corrected chi connectivity index (χ2v) is 5.48. The molecule has 6 nitrogen and oxygen atoms in total. The number of aliphatic hydroxyl groups is 1. The van der Waals surface area contributed by atoms with Gasteiger partial charge in [0.2, 0.25) is 5.88 Å². The number of aliphatic hydroxyl groups excluding tert-OH is 1. The van der Waals surface area contributed by atoms with Crippen molar-refractivity contribution in [2.45, 2.75) is 6.42 Å². The Labute approximate surface area is 124 Å². The van der Waals surface area contributed by atoms with Gasteiger partial charge in [0.05, 0.1) is 10.9 Å². The Morgan fingerprint density at radius 1 is 1.29 bits per heavy atom. The Morgan fingerprint density at radius 2 is 2.10 bits per heavy atom. The van der Waals surface area contributed by atoms with E-state index in [-0.39, 0.29) is 18.4 Å². The van der Waals surface area contributed by atoms with Crippen LogP contribution < -0.4 is 15.9 Å². The van der Waals surface area contributed by atoms with Crippen molar-refractivity contribution in [1.29, 1.82) is 0 Å². The zero-order chi connectivity index (χ0) is 14.8. The number of aromatic nitrogens is 1. The van der Waals surface area contributed by atoms with E-state index in [2.05, 4.69) is 15.3 Å². The van der Waals surface area contributed by atoms with E-state index in [9.17, 15) is 9.90 Å². The van der Waals surface area contributed by atoms with E-state index >= 15 is 0 Å². The third kappa shape index (κ3) is 2.53. The summed E-state index contributed by atoms with van der Waals surface area (Å²) in [6.45, 7) is 0.631. The Balaban J connectivity index is 2.02. The number of nitrogens with zero attached hydrogens (tertiary/aromatic N) is 2. The lowest BCUT2D eigenvalue weighted by molar-refractivity contribution is -0.112. The second kappa shape index (κ2) is 5.63. The summed E-state index contributed by atoms with van der Waals surface area (Å²) in [4.78, 5) is 20.5. The van der Waals surface area contributed by atoms with Crippen molar-refractivity contribution in [1.82, 2.24) is 4.98 Å². The number of benzene rings is 1. The summed E-state index contributed by atoms with van der Waals surface area (Å²) in [6, 6.07) is 7.20. The van der Waals surface area contributed by atoms with Crippen LogP contribution in [0.2, 0.25) is 0 Å². The molecule has 0 radical (unpaired) electrons. The van der Waals surface area contributed by atoms with Gasteiger partial charge < -0.3 is 15.5 Å². The van der Waals surface area contributed by atoms with E-state index in [1.54, 1.807) is 12.1 Å². The largest absolute Gasteiger partial charge is 0.492 e. The van der Waals surface area contributed by atoms with Crippen molar-refractivity contribution in [2.75, 3.05) is 18.5 Å². The third-order valence-corrected chi connectivity index (χ3v) is 4.08. The summed E-state index contributed by atoms with van der Waals surface area (Å²) < 4.78 is 0. The number of rotatable bonds is 5. The third-order valence-electron chi connectivity index (χ3n) is 3.06. The first-order chi connectivity index (χ1) is 10.2. The van der Waals surface area contributed by atoms with E-state index < -0.39 is 0 Å². The van der Waals surface area contributed by atoms with Crippen molar-refractivity contribution < 1.29 is 15.0 Å². The molecule has 2 heterocycles. The lowest BCUT2D eigenvalue weighted by Crippen LogP contribution is -2.22. The highest BCUT2D eigenvalue weighted by atomic mass is 32.1. The molecular weight excluding hydrogens is 290 g/mol. The van der Waals surface area contributed by atoms with Gasteiger partial charge in [-0.05, 0) is 12.5 Å². The van der Waals surface area contributed by atoms with Crippen LogP contribution in [0.1, 0.15) is 11.3 Å². The zero-order valence-electron chi connectivity index (χ0n) is 11.0. The van der Waals surface area contributed by atoms with E-state index in [4.69, 9.17) is 5.11 Å². The number of hydrogen-bond acceptors (Lipinski definition) is 6. The van der Waals surface area contributed by atoms with Gasteiger partial charge in [-0.1, -0.05) is 29.5 Å². The Kier molecular flexibility index (Phi) is 3.68. The first-order valence-electron chi connectivity index (χ1n) is 6.48. The molecular formula is C14H13N3O3S. The van der Waals surface area contributed by atoms with Crippen LogP contribution in [0, 0.1) is 0 Å². The minimum Gasteiger partial charge on any atom is -0.492 e. The molecule has 1 aromatic carbocycles. The lowest BCUT2D eigenvalue weighted by atomic mass is 10.1. The minimum atomic E-state index is -0.364. The van der Waals surface area contributed by atoms with Crippen LogP contribution in [0.15, 0.2) is 29.3 Å². The van der Waals surface area contributed by atoms with Crippen LogP contribution in [0.4, 0.5) is 5.13 Å². The second-order valence-electron chi connectivity index (χ2n) is 4.48. The van der Waals surface area contributed by atoms with Gasteiger partial charge in [0.1, 0.15) is 4.88 Å². The summed E-state index contributed by atoms with van der Waals surface area (Å²) in [7, 11) is 0. The predicted molar refractivity (Wildman–Crippen MR) is 78.7 cm³/mol. The quantitative estimate of drug-likeness (QED) is 0.676. The molecule has 3 rings (SSSR count). The van der Waals surface area contributed by atoms with E-state index in [0.29, 0.717) is 39.1 Å². The van der Waals surface area contributed by atoms with E-state index in [1.807, 2.05) is 12.1 Å². The van der Waals surface area contributed by atoms with Crippen molar-refractivity contribution in [3.05, 3.63) is 39.7 Å². The van der Waals surface area contributed by atoms with Crippen LogP contribution in [0.25, 0.3) is 5.57 Å². The number of carbonyl (C=O) groups is 1. The number of nitrogens with one attached hydrogen (secondary N) is 1. The molecule has 0 spiro atoms. The minimum absolute atomic E-state index is 0.0827. The SMILES string of the molecule is O=C1N=c2ccccc2=C1c1sc(NCCCO)nc1O. The maximum absolute atomic E-state index is 12.1. The number of hydrogen-bond donors (Lipinski definition) is 3. The van der Waals surface area contributed by atoms with Gasteiger partial charge in [0, 0.05) is 18.4 Å². The smallest absolute Gasteiger partial charge is 0.279 e.